The van der Waals surface area contributed by atoms with Crippen LogP contribution in [0.3, 0.4) is 0 Å². The van der Waals surface area contributed by atoms with Gasteiger partial charge in [-0.15, -0.1) is 0 Å². The predicted molar refractivity (Wildman–Crippen MR) is 89.6 cm³/mol. The normalized spacial score (nSPS) is 11.8. The summed E-state index contributed by atoms with van der Waals surface area (Å²) in [6, 6.07) is 10.0. The molecule has 1 atom stereocenters. The van der Waals surface area contributed by atoms with E-state index in [1.54, 1.807) is 0 Å². The van der Waals surface area contributed by atoms with Gasteiger partial charge < -0.3 is 11.1 Å². The zero-order chi connectivity index (χ0) is 17.1. The second kappa shape index (κ2) is 6.48. The molecule has 0 radical (unpaired) electrons. The maximum Gasteiger partial charge on any atom is 0.270 e. The molecule has 0 fully saturated rings. The first-order valence-corrected chi connectivity index (χ1v) is 7.22. The highest BCUT2D eigenvalue weighted by molar-refractivity contribution is 5.99. The van der Waals surface area contributed by atoms with Crippen molar-refractivity contribution in [3.8, 4) is 0 Å². The van der Waals surface area contributed by atoms with Crippen LogP contribution in [0, 0.1) is 24.0 Å². The fourth-order valence-electron chi connectivity index (χ4n) is 2.53. The minimum Gasteiger partial charge on any atom is -0.378 e. The average Bonchev–Trinajstić information content (AvgIpc) is 2.49. The van der Waals surface area contributed by atoms with E-state index in [4.69, 9.17) is 5.73 Å². The molecule has 2 aromatic carbocycles. The number of benzene rings is 2. The van der Waals surface area contributed by atoms with Gasteiger partial charge in [-0.1, -0.05) is 18.2 Å². The Labute approximate surface area is 134 Å². The summed E-state index contributed by atoms with van der Waals surface area (Å²) < 4.78 is 0. The van der Waals surface area contributed by atoms with Crippen molar-refractivity contribution in [2.45, 2.75) is 26.8 Å². The van der Waals surface area contributed by atoms with Gasteiger partial charge in [0.2, 0.25) is 0 Å². The Morgan fingerprint density at radius 2 is 1.96 bits per heavy atom. The molecule has 2 aromatic rings. The average molecular weight is 313 g/mol. The molecule has 23 heavy (non-hydrogen) atoms. The van der Waals surface area contributed by atoms with Crippen molar-refractivity contribution in [2.75, 3.05) is 5.32 Å². The topological polar surface area (TPSA) is 98.3 Å². The van der Waals surface area contributed by atoms with Crippen LogP contribution in [0.2, 0.25) is 0 Å². The monoisotopic (exact) mass is 313 g/mol. The predicted octanol–water partition coefficient (Wildman–Crippen LogP) is 3.48. The maximum atomic E-state index is 11.6. The van der Waals surface area contributed by atoms with Crippen molar-refractivity contribution in [1.82, 2.24) is 0 Å². The van der Waals surface area contributed by atoms with Crippen LogP contribution in [0.25, 0.3) is 0 Å². The van der Waals surface area contributed by atoms with E-state index < -0.39 is 10.8 Å². The molecular formula is C17H19N3O3. The fourth-order valence-corrected chi connectivity index (χ4v) is 2.53. The van der Waals surface area contributed by atoms with Crippen LogP contribution >= 0.6 is 0 Å². The first-order valence-electron chi connectivity index (χ1n) is 7.22. The summed E-state index contributed by atoms with van der Waals surface area (Å²) in [4.78, 5) is 21.9. The highest BCUT2D eigenvalue weighted by Gasteiger charge is 2.17. The van der Waals surface area contributed by atoms with Crippen LogP contribution in [-0.4, -0.2) is 10.8 Å². The minimum absolute atomic E-state index is 0.0746. The Morgan fingerprint density at radius 1 is 1.26 bits per heavy atom. The first kappa shape index (κ1) is 16.5. The molecule has 0 heterocycles. The Morgan fingerprint density at radius 3 is 2.57 bits per heavy atom. The number of amides is 1. The van der Waals surface area contributed by atoms with Gasteiger partial charge in [0.1, 0.15) is 0 Å². The number of nitro benzene ring substituents is 1. The zero-order valence-electron chi connectivity index (χ0n) is 13.3. The van der Waals surface area contributed by atoms with Crippen LogP contribution in [0.5, 0.6) is 0 Å². The Balaban J connectivity index is 2.37. The van der Waals surface area contributed by atoms with E-state index >= 15 is 0 Å². The second-order valence-corrected chi connectivity index (χ2v) is 5.51. The molecule has 6 nitrogen and oxygen atoms in total. The number of carbonyl (C=O) groups excluding carboxylic acids is 1. The summed E-state index contributed by atoms with van der Waals surface area (Å²) in [7, 11) is 0. The van der Waals surface area contributed by atoms with Gasteiger partial charge >= 0.3 is 0 Å². The molecular weight excluding hydrogens is 294 g/mol. The van der Waals surface area contributed by atoms with Gasteiger partial charge in [-0.05, 0) is 43.5 Å². The van der Waals surface area contributed by atoms with Crippen LogP contribution in [0.1, 0.15) is 40.0 Å². The van der Waals surface area contributed by atoms with Crippen LogP contribution in [0.15, 0.2) is 36.4 Å². The van der Waals surface area contributed by atoms with Crippen molar-refractivity contribution >= 4 is 17.3 Å². The summed E-state index contributed by atoms with van der Waals surface area (Å²) in [5, 5.41) is 14.1. The lowest BCUT2D eigenvalue weighted by molar-refractivity contribution is -0.384. The molecule has 0 aliphatic rings. The molecule has 1 unspecified atom stereocenters. The van der Waals surface area contributed by atoms with Crippen molar-refractivity contribution < 1.29 is 9.72 Å². The van der Waals surface area contributed by atoms with Crippen molar-refractivity contribution in [2.24, 2.45) is 5.73 Å². The third kappa shape index (κ3) is 3.48. The molecule has 0 aromatic heterocycles. The molecule has 0 aliphatic heterocycles. The Kier molecular flexibility index (Phi) is 4.64. The van der Waals surface area contributed by atoms with Crippen molar-refractivity contribution in [1.29, 1.82) is 0 Å². The highest BCUT2D eigenvalue weighted by Crippen LogP contribution is 2.28. The molecule has 120 valence electrons. The highest BCUT2D eigenvalue weighted by atomic mass is 16.6. The van der Waals surface area contributed by atoms with Gasteiger partial charge in [0.05, 0.1) is 10.5 Å². The number of primary amides is 1. The van der Waals surface area contributed by atoms with Gasteiger partial charge in [-0.25, -0.2) is 0 Å². The van der Waals surface area contributed by atoms with Crippen LogP contribution in [-0.2, 0) is 0 Å². The Hall–Kier alpha value is -2.89. The SMILES string of the molecule is Cc1cccc(C(C)Nc2ccc([N+](=O)[O-])cc2C(N)=O)c1C. The summed E-state index contributed by atoms with van der Waals surface area (Å²) in [5.41, 5.74) is 9.21. The lowest BCUT2D eigenvalue weighted by atomic mass is 9.98. The number of hydrogen-bond donors (Lipinski definition) is 2. The van der Waals surface area contributed by atoms with E-state index in [1.807, 2.05) is 39.0 Å². The number of hydrogen-bond acceptors (Lipinski definition) is 4. The molecule has 3 N–H and O–H groups in total. The summed E-state index contributed by atoms with van der Waals surface area (Å²) >= 11 is 0. The van der Waals surface area contributed by atoms with E-state index in [0.29, 0.717) is 5.69 Å². The standard InChI is InChI=1S/C17H19N3O3/c1-10-5-4-6-14(11(10)2)12(3)19-16-8-7-13(20(22)23)9-15(16)17(18)21/h4-9,12,19H,1-3H3,(H2,18,21). The van der Waals surface area contributed by atoms with Crippen molar-refractivity contribution in [3.05, 3.63) is 68.8 Å². The van der Waals surface area contributed by atoms with Crippen LogP contribution in [0.4, 0.5) is 11.4 Å². The number of nitro groups is 1. The molecule has 0 saturated carbocycles. The molecule has 6 heteroatoms. The third-order valence-corrected chi connectivity index (χ3v) is 3.96. The molecule has 1 amide bonds. The first-order chi connectivity index (χ1) is 10.8. The van der Waals surface area contributed by atoms with Crippen molar-refractivity contribution in [3.63, 3.8) is 0 Å². The van der Waals surface area contributed by atoms with E-state index in [-0.39, 0.29) is 17.3 Å². The zero-order valence-corrected chi connectivity index (χ0v) is 13.3. The molecule has 0 bridgehead atoms. The van der Waals surface area contributed by atoms with Gasteiger partial charge in [0, 0.05) is 23.9 Å². The number of non-ortho nitro benzene ring substituents is 1. The number of anilines is 1. The Bertz CT molecular complexity index is 772. The van der Waals surface area contributed by atoms with Gasteiger partial charge in [-0.2, -0.15) is 0 Å². The minimum atomic E-state index is -0.704. The third-order valence-electron chi connectivity index (χ3n) is 3.96. The van der Waals surface area contributed by atoms with Crippen LogP contribution < -0.4 is 11.1 Å². The number of nitrogens with one attached hydrogen (secondary N) is 1. The lowest BCUT2D eigenvalue weighted by Gasteiger charge is -2.20. The summed E-state index contributed by atoms with van der Waals surface area (Å²) in [5.74, 6) is -0.704. The van der Waals surface area contributed by atoms with Gasteiger partial charge in [0.25, 0.3) is 11.6 Å². The van der Waals surface area contributed by atoms with Gasteiger partial charge in [-0.3, -0.25) is 14.9 Å². The number of rotatable bonds is 5. The largest absolute Gasteiger partial charge is 0.378 e. The maximum absolute atomic E-state index is 11.6. The number of nitrogens with zero attached hydrogens (tertiary/aromatic N) is 1. The van der Waals surface area contributed by atoms with E-state index in [2.05, 4.69) is 5.32 Å². The number of nitrogens with two attached hydrogens (primary N) is 1. The summed E-state index contributed by atoms with van der Waals surface area (Å²) in [6.45, 7) is 6.04. The summed E-state index contributed by atoms with van der Waals surface area (Å²) in [6.07, 6.45) is 0. The quantitative estimate of drug-likeness (QED) is 0.652. The second-order valence-electron chi connectivity index (χ2n) is 5.51. The lowest BCUT2D eigenvalue weighted by Crippen LogP contribution is -2.17. The fraction of sp³-hybridized carbons (Fsp3) is 0.235. The van der Waals surface area contributed by atoms with Gasteiger partial charge in [0.15, 0.2) is 0 Å². The molecule has 2 rings (SSSR count). The smallest absolute Gasteiger partial charge is 0.270 e. The van der Waals surface area contributed by atoms with E-state index in [0.717, 1.165) is 11.1 Å². The van der Waals surface area contributed by atoms with E-state index in [9.17, 15) is 14.9 Å². The number of carbonyl (C=O) groups is 1. The molecule has 0 spiro atoms. The van der Waals surface area contributed by atoms with E-state index in [1.165, 1.54) is 23.8 Å². The number of aryl methyl sites for hydroxylation is 1. The molecule has 0 aliphatic carbocycles. The molecule has 0 saturated heterocycles.